The molecule has 0 atom stereocenters. The monoisotopic (exact) mass is 290 g/mol. The molecule has 0 amide bonds. The van der Waals surface area contributed by atoms with Crippen LogP contribution in [0.4, 0.5) is 13.2 Å². The minimum atomic E-state index is -4.41. The van der Waals surface area contributed by atoms with E-state index in [-0.39, 0.29) is 0 Å². The van der Waals surface area contributed by atoms with E-state index in [4.69, 9.17) is 0 Å². The van der Waals surface area contributed by atoms with Gasteiger partial charge in [-0.3, -0.25) is 4.98 Å². The smallest absolute Gasteiger partial charge is 0.251 e. The third kappa shape index (κ3) is 2.84. The van der Waals surface area contributed by atoms with Crippen LogP contribution >= 0.6 is 23.1 Å². The molecule has 0 aromatic carbocycles. The van der Waals surface area contributed by atoms with Crippen molar-refractivity contribution < 1.29 is 13.2 Å². The number of thiazole rings is 1. The molecule has 0 bridgehead atoms. The second kappa shape index (κ2) is 5.27. The van der Waals surface area contributed by atoms with Gasteiger partial charge in [-0.15, -0.1) is 23.1 Å². The van der Waals surface area contributed by atoms with E-state index in [0.29, 0.717) is 21.2 Å². The highest BCUT2D eigenvalue weighted by atomic mass is 32.2. The van der Waals surface area contributed by atoms with Gasteiger partial charge in [0.1, 0.15) is 10.7 Å². The molecule has 2 nitrogen and oxygen atoms in total. The molecule has 2 aromatic rings. The zero-order valence-corrected chi connectivity index (χ0v) is 11.0. The molecule has 0 unspecified atom stereocenters. The lowest BCUT2D eigenvalue weighted by Gasteiger charge is -2.10. The van der Waals surface area contributed by atoms with Gasteiger partial charge in [0, 0.05) is 28.2 Å². The molecule has 0 saturated carbocycles. The van der Waals surface area contributed by atoms with E-state index < -0.39 is 11.9 Å². The summed E-state index contributed by atoms with van der Waals surface area (Å²) in [7, 11) is 0. The largest absolute Gasteiger partial charge is 0.433 e. The molecular formula is C11H9F3N2S2. The number of aromatic nitrogens is 2. The summed E-state index contributed by atoms with van der Waals surface area (Å²) in [4.78, 5) is 8.15. The Balaban J connectivity index is 2.48. The lowest BCUT2D eigenvalue weighted by Crippen LogP contribution is -2.08. The maximum atomic E-state index is 12.6. The van der Waals surface area contributed by atoms with Crippen molar-refractivity contribution in [3.8, 4) is 10.6 Å². The second-order valence-electron chi connectivity index (χ2n) is 3.33. The number of halogens is 3. The van der Waals surface area contributed by atoms with Crippen molar-refractivity contribution in [2.24, 2.45) is 0 Å². The van der Waals surface area contributed by atoms with Crippen molar-refractivity contribution in [1.29, 1.82) is 0 Å². The molecule has 2 heterocycles. The Morgan fingerprint density at radius 3 is 2.67 bits per heavy atom. The van der Waals surface area contributed by atoms with Crippen molar-refractivity contribution in [3.63, 3.8) is 0 Å². The van der Waals surface area contributed by atoms with Gasteiger partial charge in [0.2, 0.25) is 0 Å². The van der Waals surface area contributed by atoms with E-state index >= 15 is 0 Å². The molecule has 0 N–H and O–H groups in total. The first-order valence-corrected chi connectivity index (χ1v) is 6.98. The summed E-state index contributed by atoms with van der Waals surface area (Å²) in [5.41, 5.74) is -0.205. The molecule has 0 aliphatic rings. The number of alkyl halides is 3. The van der Waals surface area contributed by atoms with Crippen molar-refractivity contribution in [1.82, 2.24) is 9.97 Å². The number of thioether (sulfide) groups is 1. The van der Waals surface area contributed by atoms with Crippen LogP contribution in [0.3, 0.4) is 0 Å². The fraction of sp³-hybridized carbons (Fsp3) is 0.273. The first kappa shape index (κ1) is 13.4. The molecule has 96 valence electrons. The van der Waals surface area contributed by atoms with Gasteiger partial charge in [-0.2, -0.15) is 13.2 Å². The average molecular weight is 290 g/mol. The Bertz CT molecular complexity index is 524. The quantitative estimate of drug-likeness (QED) is 0.787. The molecule has 0 radical (unpaired) electrons. The highest BCUT2D eigenvalue weighted by molar-refractivity contribution is 7.99. The zero-order chi connectivity index (χ0) is 13.2. The Morgan fingerprint density at radius 1 is 1.33 bits per heavy atom. The van der Waals surface area contributed by atoms with Crippen molar-refractivity contribution in [3.05, 3.63) is 29.5 Å². The summed E-state index contributed by atoms with van der Waals surface area (Å²) in [6.07, 6.45) is -1.54. The number of rotatable bonds is 3. The van der Waals surface area contributed by atoms with Crippen LogP contribution in [0, 0.1) is 0 Å². The minimum Gasteiger partial charge on any atom is -0.251 e. The number of hydrogen-bond acceptors (Lipinski definition) is 4. The minimum absolute atomic E-state index is 0.565. The number of hydrogen-bond donors (Lipinski definition) is 0. The molecule has 0 aliphatic heterocycles. The van der Waals surface area contributed by atoms with E-state index in [0.717, 1.165) is 6.07 Å². The van der Waals surface area contributed by atoms with Crippen LogP contribution in [0.5, 0.6) is 0 Å². The summed E-state index contributed by atoms with van der Waals surface area (Å²) >= 11 is 2.74. The zero-order valence-electron chi connectivity index (χ0n) is 9.36. The van der Waals surface area contributed by atoms with Crippen LogP contribution in [0.15, 0.2) is 28.7 Å². The average Bonchev–Trinajstić information content (AvgIpc) is 2.81. The predicted molar refractivity (Wildman–Crippen MR) is 66.7 cm³/mol. The number of nitrogens with zero attached hydrogens (tertiary/aromatic N) is 2. The van der Waals surface area contributed by atoms with E-state index in [1.807, 2.05) is 6.92 Å². The first-order valence-electron chi connectivity index (χ1n) is 5.12. The summed E-state index contributed by atoms with van der Waals surface area (Å²) in [6.45, 7) is 1.89. The number of pyridine rings is 1. The molecule has 2 rings (SSSR count). The molecule has 7 heteroatoms. The van der Waals surface area contributed by atoms with E-state index in [1.165, 1.54) is 29.3 Å². The Hall–Kier alpha value is -1.08. The third-order valence-corrected chi connectivity index (χ3v) is 3.86. The molecule has 0 fully saturated rings. The predicted octanol–water partition coefficient (Wildman–Crippen LogP) is 4.34. The van der Waals surface area contributed by atoms with E-state index in [1.54, 1.807) is 11.6 Å². The molecule has 0 aliphatic carbocycles. The van der Waals surface area contributed by atoms with Crippen molar-refractivity contribution in [2.75, 3.05) is 5.75 Å². The van der Waals surface area contributed by atoms with Gasteiger partial charge in [-0.25, -0.2) is 4.98 Å². The topological polar surface area (TPSA) is 25.8 Å². The van der Waals surface area contributed by atoms with Gasteiger partial charge in [0.15, 0.2) is 0 Å². The lowest BCUT2D eigenvalue weighted by atomic mass is 10.2. The summed E-state index contributed by atoms with van der Waals surface area (Å²) in [6, 6.07) is 1.09. The van der Waals surface area contributed by atoms with Gasteiger partial charge in [0.25, 0.3) is 0 Å². The Labute approximate surface area is 110 Å². The SMILES string of the molecule is CCSc1cc(C(F)(F)F)ncc1-c1nccs1. The van der Waals surface area contributed by atoms with Gasteiger partial charge < -0.3 is 0 Å². The van der Waals surface area contributed by atoms with Crippen LogP contribution in [0.25, 0.3) is 10.6 Å². The molecule has 0 saturated heterocycles. The van der Waals surface area contributed by atoms with Crippen LogP contribution in [-0.4, -0.2) is 15.7 Å². The first-order chi connectivity index (χ1) is 8.52. The summed E-state index contributed by atoms with van der Waals surface area (Å²) in [5, 5.41) is 2.47. The Kier molecular flexibility index (Phi) is 3.91. The third-order valence-electron chi connectivity index (χ3n) is 2.12. The highest BCUT2D eigenvalue weighted by Gasteiger charge is 2.33. The summed E-state index contributed by atoms with van der Waals surface area (Å²) in [5.74, 6) is 0.694. The maximum absolute atomic E-state index is 12.6. The highest BCUT2D eigenvalue weighted by Crippen LogP contribution is 2.36. The lowest BCUT2D eigenvalue weighted by molar-refractivity contribution is -0.141. The Morgan fingerprint density at radius 2 is 2.11 bits per heavy atom. The van der Waals surface area contributed by atoms with Gasteiger partial charge in [-0.05, 0) is 11.8 Å². The van der Waals surface area contributed by atoms with Gasteiger partial charge >= 0.3 is 6.18 Å². The second-order valence-corrected chi connectivity index (χ2v) is 5.53. The molecule has 0 spiro atoms. The van der Waals surface area contributed by atoms with E-state index in [9.17, 15) is 13.2 Å². The maximum Gasteiger partial charge on any atom is 0.433 e. The van der Waals surface area contributed by atoms with Crippen molar-refractivity contribution in [2.45, 2.75) is 18.0 Å². The molecule has 2 aromatic heterocycles. The van der Waals surface area contributed by atoms with Crippen LogP contribution < -0.4 is 0 Å². The van der Waals surface area contributed by atoms with Gasteiger partial charge in [-0.1, -0.05) is 6.92 Å². The molecule has 18 heavy (non-hydrogen) atoms. The molecular weight excluding hydrogens is 281 g/mol. The van der Waals surface area contributed by atoms with Crippen LogP contribution in [-0.2, 0) is 6.18 Å². The van der Waals surface area contributed by atoms with Crippen molar-refractivity contribution >= 4 is 23.1 Å². The van der Waals surface area contributed by atoms with E-state index in [2.05, 4.69) is 9.97 Å². The van der Waals surface area contributed by atoms with Gasteiger partial charge in [0.05, 0.1) is 0 Å². The van der Waals surface area contributed by atoms with Crippen LogP contribution in [0.1, 0.15) is 12.6 Å². The fourth-order valence-corrected chi connectivity index (χ4v) is 2.92. The fourth-order valence-electron chi connectivity index (χ4n) is 1.38. The summed E-state index contributed by atoms with van der Waals surface area (Å²) < 4.78 is 37.8. The van der Waals surface area contributed by atoms with Crippen LogP contribution in [0.2, 0.25) is 0 Å². The normalized spacial score (nSPS) is 11.8. The standard InChI is InChI=1S/C11H9F3N2S2/c1-2-17-8-5-9(11(12,13)14)16-6-7(8)10-15-3-4-18-10/h3-6H,2H2,1H3.